The Morgan fingerprint density at radius 3 is 2.96 bits per heavy atom. The van der Waals surface area contributed by atoms with Gasteiger partial charge in [-0.2, -0.15) is 11.8 Å². The molecule has 0 bridgehead atoms. The molecule has 4 heteroatoms. The molecule has 0 amide bonds. The first-order valence-corrected chi connectivity index (χ1v) is 10.1. The smallest absolute Gasteiger partial charge is 0.311 e. The monoisotopic (exact) mass is 333 g/mol. The highest BCUT2D eigenvalue weighted by Gasteiger charge is 2.51. The van der Waals surface area contributed by atoms with Gasteiger partial charge in [0.2, 0.25) is 0 Å². The second-order valence-corrected chi connectivity index (χ2v) is 9.07. The summed E-state index contributed by atoms with van der Waals surface area (Å²) in [5, 5.41) is 0. The fraction of sp³-hybridized carbons (Fsp3) is 0.737. The highest BCUT2D eigenvalue weighted by molar-refractivity contribution is 7.99. The van der Waals surface area contributed by atoms with Crippen LogP contribution in [0.4, 0.5) is 0 Å². The van der Waals surface area contributed by atoms with Crippen molar-refractivity contribution in [3.05, 3.63) is 23.3 Å². The molecule has 126 valence electrons. The van der Waals surface area contributed by atoms with Crippen LogP contribution in [0.25, 0.3) is 0 Å². The van der Waals surface area contributed by atoms with Gasteiger partial charge in [0.1, 0.15) is 6.10 Å². The topological polar surface area (TPSA) is 29.5 Å². The van der Waals surface area contributed by atoms with Gasteiger partial charge in [-0.25, -0.2) is 0 Å². The van der Waals surface area contributed by atoms with E-state index in [1.807, 2.05) is 11.8 Å². The molecule has 0 saturated carbocycles. The molecule has 4 unspecified atom stereocenters. The van der Waals surface area contributed by atoms with E-state index >= 15 is 0 Å². The molecule has 2 aliphatic carbocycles. The summed E-state index contributed by atoms with van der Waals surface area (Å²) in [6.07, 6.45) is 8.22. The molecule has 4 rings (SSSR count). The van der Waals surface area contributed by atoms with Crippen LogP contribution in [0, 0.1) is 17.3 Å². The van der Waals surface area contributed by atoms with E-state index in [9.17, 15) is 4.79 Å². The molecule has 4 atom stereocenters. The van der Waals surface area contributed by atoms with Gasteiger partial charge in [-0.05, 0) is 37.2 Å². The van der Waals surface area contributed by atoms with E-state index in [-0.39, 0.29) is 29.3 Å². The molecule has 0 aromatic carbocycles. The molecular formula is C19H27NO2S. The maximum atomic E-state index is 12.5. The van der Waals surface area contributed by atoms with Crippen LogP contribution in [0.3, 0.4) is 0 Å². The average molecular weight is 333 g/mol. The van der Waals surface area contributed by atoms with Gasteiger partial charge in [0.25, 0.3) is 0 Å². The Hall–Kier alpha value is -0.740. The first kappa shape index (κ1) is 15.8. The lowest BCUT2D eigenvalue weighted by atomic mass is 9.62. The Bertz CT molecular complexity index is 564. The molecule has 0 aromatic heterocycles. The molecule has 23 heavy (non-hydrogen) atoms. The summed E-state index contributed by atoms with van der Waals surface area (Å²) in [5.74, 6) is 2.74. The molecule has 2 fully saturated rings. The van der Waals surface area contributed by atoms with Crippen LogP contribution < -0.4 is 0 Å². The largest absolute Gasteiger partial charge is 0.461 e. The summed E-state index contributed by atoms with van der Waals surface area (Å²) < 4.78 is 5.83. The zero-order valence-electron chi connectivity index (χ0n) is 14.2. The molecule has 2 aliphatic heterocycles. The number of ether oxygens (including phenoxy) is 1. The number of allylic oxidation sites excluding steroid dienone is 3. The van der Waals surface area contributed by atoms with E-state index in [1.165, 1.54) is 29.1 Å². The van der Waals surface area contributed by atoms with E-state index in [0.717, 1.165) is 32.5 Å². The van der Waals surface area contributed by atoms with Crippen molar-refractivity contribution in [2.45, 2.75) is 39.2 Å². The summed E-state index contributed by atoms with van der Waals surface area (Å²) in [6.45, 7) is 7.69. The third-order valence-electron chi connectivity index (χ3n) is 6.26. The number of hydrogen-bond acceptors (Lipinski definition) is 4. The molecule has 2 heterocycles. The van der Waals surface area contributed by atoms with Crippen molar-refractivity contribution in [3.63, 3.8) is 0 Å². The molecule has 0 radical (unpaired) electrons. The standard InChI is InChI=1S/C19H27NO2S/c1-13-4-3-5-19(2)11-17-14(10-16(13)19)15(18(21)22-17)12-20-6-8-23-9-7-20/h4,10,14-15,17H,3,5-9,11-12H2,1-2H3. The molecule has 0 aromatic rings. The third kappa shape index (κ3) is 2.78. The van der Waals surface area contributed by atoms with Crippen molar-refractivity contribution in [1.82, 2.24) is 4.90 Å². The predicted molar refractivity (Wildman–Crippen MR) is 94.4 cm³/mol. The summed E-state index contributed by atoms with van der Waals surface area (Å²) in [4.78, 5) is 15.0. The van der Waals surface area contributed by atoms with Gasteiger partial charge in [-0.15, -0.1) is 0 Å². The van der Waals surface area contributed by atoms with Gasteiger partial charge in [0.15, 0.2) is 0 Å². The molecule has 2 saturated heterocycles. The normalized spacial score (nSPS) is 40.8. The number of hydrogen-bond donors (Lipinski definition) is 0. The number of carbonyl (C=O) groups excluding carboxylic acids is 1. The number of carbonyl (C=O) groups is 1. The molecule has 4 aliphatic rings. The molecule has 3 nitrogen and oxygen atoms in total. The van der Waals surface area contributed by atoms with Crippen LogP contribution in [-0.2, 0) is 9.53 Å². The number of esters is 1. The second kappa shape index (κ2) is 5.96. The quantitative estimate of drug-likeness (QED) is 0.726. The molecular weight excluding hydrogens is 306 g/mol. The minimum absolute atomic E-state index is 0.0369. The van der Waals surface area contributed by atoms with Crippen molar-refractivity contribution >= 4 is 17.7 Å². The highest BCUT2D eigenvalue weighted by Crippen LogP contribution is 2.52. The first-order valence-electron chi connectivity index (χ1n) is 8.97. The summed E-state index contributed by atoms with van der Waals surface area (Å²) in [7, 11) is 0. The number of rotatable bonds is 2. The van der Waals surface area contributed by atoms with E-state index in [1.54, 1.807) is 0 Å². The molecule has 0 N–H and O–H groups in total. The minimum Gasteiger partial charge on any atom is -0.461 e. The Kier molecular flexibility index (Phi) is 4.09. The fourth-order valence-electron chi connectivity index (χ4n) is 4.90. The van der Waals surface area contributed by atoms with Gasteiger partial charge in [-0.1, -0.05) is 24.6 Å². The van der Waals surface area contributed by atoms with Gasteiger partial charge in [-0.3, -0.25) is 4.79 Å². The maximum Gasteiger partial charge on any atom is 0.311 e. The summed E-state index contributed by atoms with van der Waals surface area (Å²) in [6, 6.07) is 0. The lowest BCUT2D eigenvalue weighted by Gasteiger charge is -2.43. The highest BCUT2D eigenvalue weighted by atomic mass is 32.2. The van der Waals surface area contributed by atoms with Crippen molar-refractivity contribution in [1.29, 1.82) is 0 Å². The van der Waals surface area contributed by atoms with Crippen molar-refractivity contribution in [2.75, 3.05) is 31.1 Å². The third-order valence-corrected chi connectivity index (χ3v) is 7.20. The van der Waals surface area contributed by atoms with Crippen LogP contribution in [-0.4, -0.2) is 48.1 Å². The number of fused-ring (bicyclic) bond motifs is 2. The van der Waals surface area contributed by atoms with Gasteiger partial charge >= 0.3 is 5.97 Å². The SMILES string of the molecule is CC1=CCCC2(C)CC3OC(=O)C(CN4CCSCC4)C3C=C12. The average Bonchev–Trinajstić information content (AvgIpc) is 2.81. The van der Waals surface area contributed by atoms with E-state index < -0.39 is 0 Å². The fourth-order valence-corrected chi connectivity index (χ4v) is 5.88. The lowest BCUT2D eigenvalue weighted by Crippen LogP contribution is -2.41. The second-order valence-electron chi connectivity index (χ2n) is 7.84. The Morgan fingerprint density at radius 1 is 1.39 bits per heavy atom. The Labute approximate surface area is 143 Å². The van der Waals surface area contributed by atoms with Gasteiger partial charge in [0.05, 0.1) is 5.92 Å². The van der Waals surface area contributed by atoms with E-state index in [4.69, 9.17) is 4.74 Å². The zero-order chi connectivity index (χ0) is 16.0. The van der Waals surface area contributed by atoms with Crippen molar-refractivity contribution < 1.29 is 9.53 Å². The van der Waals surface area contributed by atoms with Gasteiger partial charge < -0.3 is 9.64 Å². The van der Waals surface area contributed by atoms with Crippen LogP contribution in [0.1, 0.15) is 33.1 Å². The maximum absolute atomic E-state index is 12.5. The Morgan fingerprint density at radius 2 is 2.17 bits per heavy atom. The van der Waals surface area contributed by atoms with E-state index in [2.05, 4.69) is 30.9 Å². The minimum atomic E-state index is 0.0369. The Balaban J connectivity index is 1.59. The van der Waals surface area contributed by atoms with Crippen LogP contribution in [0.2, 0.25) is 0 Å². The number of thioether (sulfide) groups is 1. The van der Waals surface area contributed by atoms with Crippen molar-refractivity contribution in [3.8, 4) is 0 Å². The van der Waals surface area contributed by atoms with Crippen LogP contribution >= 0.6 is 11.8 Å². The van der Waals surface area contributed by atoms with Crippen LogP contribution in [0.15, 0.2) is 23.3 Å². The predicted octanol–water partition coefficient (Wildman–Crippen LogP) is 3.27. The molecule has 0 spiro atoms. The van der Waals surface area contributed by atoms with E-state index in [0.29, 0.717) is 0 Å². The lowest BCUT2D eigenvalue weighted by molar-refractivity contribution is -0.145. The van der Waals surface area contributed by atoms with Crippen molar-refractivity contribution in [2.24, 2.45) is 17.3 Å². The van der Waals surface area contributed by atoms with Gasteiger partial charge in [0, 0.05) is 37.1 Å². The first-order chi connectivity index (χ1) is 11.1. The van der Waals surface area contributed by atoms with Crippen LogP contribution in [0.5, 0.6) is 0 Å². The number of nitrogens with zero attached hydrogens (tertiary/aromatic N) is 1. The summed E-state index contributed by atoms with van der Waals surface area (Å²) in [5.41, 5.74) is 3.11. The summed E-state index contributed by atoms with van der Waals surface area (Å²) >= 11 is 2.02. The zero-order valence-corrected chi connectivity index (χ0v) is 15.0.